The SMILES string of the molecule is C=C[C@@H](COS(=O)(=O)c1ccc(C)cc1)Oc1c(C=CC)cc(F)cc1-c1c(Cl)cccc1Cl. The third kappa shape index (κ3) is 6.07. The summed E-state index contributed by atoms with van der Waals surface area (Å²) in [4.78, 5) is 0.0286. The average molecular weight is 521 g/mol. The molecule has 0 aliphatic heterocycles. The monoisotopic (exact) mass is 520 g/mol. The highest BCUT2D eigenvalue weighted by atomic mass is 35.5. The van der Waals surface area contributed by atoms with Gasteiger partial charge < -0.3 is 4.74 Å². The molecule has 3 aromatic rings. The second-order valence-corrected chi connectivity index (χ2v) is 9.84. The molecule has 3 aromatic carbocycles. The molecule has 0 saturated heterocycles. The number of ether oxygens (including phenoxy) is 1. The molecular weight excluding hydrogens is 498 g/mol. The first-order valence-corrected chi connectivity index (χ1v) is 12.5. The highest BCUT2D eigenvalue weighted by Gasteiger charge is 2.22. The number of hydrogen-bond donors (Lipinski definition) is 0. The van der Waals surface area contributed by atoms with Crippen molar-refractivity contribution < 1.29 is 21.7 Å². The second kappa shape index (κ2) is 11.2. The lowest BCUT2D eigenvalue weighted by Gasteiger charge is -2.21. The van der Waals surface area contributed by atoms with E-state index in [1.165, 1.54) is 30.3 Å². The van der Waals surface area contributed by atoms with Crippen molar-refractivity contribution in [2.24, 2.45) is 0 Å². The Morgan fingerprint density at radius 1 is 1.09 bits per heavy atom. The summed E-state index contributed by atoms with van der Waals surface area (Å²) in [7, 11) is -4.02. The van der Waals surface area contributed by atoms with Gasteiger partial charge in [-0.1, -0.05) is 65.7 Å². The number of allylic oxidation sites excluding steroid dienone is 1. The zero-order valence-corrected chi connectivity index (χ0v) is 20.9. The van der Waals surface area contributed by atoms with Gasteiger partial charge in [0.05, 0.1) is 14.9 Å². The van der Waals surface area contributed by atoms with Crippen LogP contribution in [0.1, 0.15) is 18.1 Å². The van der Waals surface area contributed by atoms with Crippen LogP contribution in [0.5, 0.6) is 5.75 Å². The molecule has 0 N–H and O–H groups in total. The third-order valence-corrected chi connectivity index (χ3v) is 6.82. The van der Waals surface area contributed by atoms with Gasteiger partial charge in [0.25, 0.3) is 10.1 Å². The van der Waals surface area contributed by atoms with E-state index in [0.717, 1.165) is 5.56 Å². The molecule has 0 unspecified atom stereocenters. The van der Waals surface area contributed by atoms with Crippen molar-refractivity contribution >= 4 is 39.4 Å². The lowest BCUT2D eigenvalue weighted by molar-refractivity contribution is 0.168. The number of rotatable bonds is 9. The summed E-state index contributed by atoms with van der Waals surface area (Å²) < 4.78 is 51.1. The van der Waals surface area contributed by atoms with Crippen LogP contribution in [0.4, 0.5) is 4.39 Å². The van der Waals surface area contributed by atoms with Crippen LogP contribution in [0.25, 0.3) is 17.2 Å². The molecule has 1 atom stereocenters. The Labute approximate surface area is 209 Å². The Morgan fingerprint density at radius 3 is 2.32 bits per heavy atom. The van der Waals surface area contributed by atoms with Crippen molar-refractivity contribution in [1.82, 2.24) is 0 Å². The van der Waals surface area contributed by atoms with Crippen molar-refractivity contribution in [3.05, 3.63) is 100 Å². The largest absolute Gasteiger partial charge is 0.483 e. The fourth-order valence-corrected chi connectivity index (χ4v) is 4.74. The topological polar surface area (TPSA) is 52.6 Å². The van der Waals surface area contributed by atoms with E-state index in [4.69, 9.17) is 32.1 Å². The Morgan fingerprint density at radius 2 is 1.74 bits per heavy atom. The molecule has 4 nitrogen and oxygen atoms in total. The van der Waals surface area contributed by atoms with Gasteiger partial charge in [-0.25, -0.2) is 4.39 Å². The van der Waals surface area contributed by atoms with Crippen LogP contribution in [0, 0.1) is 12.7 Å². The van der Waals surface area contributed by atoms with Gasteiger partial charge in [0, 0.05) is 16.7 Å². The van der Waals surface area contributed by atoms with Crippen LogP contribution in [-0.4, -0.2) is 21.1 Å². The Bertz CT molecular complexity index is 1300. The van der Waals surface area contributed by atoms with Crippen LogP contribution in [0.3, 0.4) is 0 Å². The summed E-state index contributed by atoms with van der Waals surface area (Å²) >= 11 is 12.8. The van der Waals surface area contributed by atoms with Crippen LogP contribution in [0.2, 0.25) is 10.0 Å². The maximum Gasteiger partial charge on any atom is 0.297 e. The normalized spacial score (nSPS) is 12.6. The molecule has 0 radical (unpaired) electrons. The first-order valence-electron chi connectivity index (χ1n) is 10.3. The predicted octanol–water partition coefficient (Wildman–Crippen LogP) is 7.48. The van der Waals surface area contributed by atoms with E-state index in [-0.39, 0.29) is 17.3 Å². The first kappa shape index (κ1) is 26.0. The molecule has 0 aliphatic carbocycles. The highest BCUT2D eigenvalue weighted by Crippen LogP contribution is 2.42. The van der Waals surface area contributed by atoms with E-state index in [9.17, 15) is 12.8 Å². The van der Waals surface area contributed by atoms with Gasteiger partial charge in [0.2, 0.25) is 0 Å². The molecule has 0 bridgehead atoms. The van der Waals surface area contributed by atoms with E-state index in [1.807, 2.05) is 6.92 Å². The summed E-state index contributed by atoms with van der Waals surface area (Å²) in [6.45, 7) is 7.01. The Kier molecular flexibility index (Phi) is 8.55. The summed E-state index contributed by atoms with van der Waals surface area (Å²) in [5.74, 6) is -0.254. The predicted molar refractivity (Wildman–Crippen MR) is 135 cm³/mol. The molecule has 34 heavy (non-hydrogen) atoms. The summed E-state index contributed by atoms with van der Waals surface area (Å²) in [6, 6.07) is 13.8. The van der Waals surface area contributed by atoms with Crippen molar-refractivity contribution in [2.75, 3.05) is 6.61 Å². The van der Waals surface area contributed by atoms with Gasteiger partial charge in [0.1, 0.15) is 24.3 Å². The minimum Gasteiger partial charge on any atom is -0.483 e. The summed E-state index contributed by atoms with van der Waals surface area (Å²) in [5, 5.41) is 0.616. The van der Waals surface area contributed by atoms with Crippen molar-refractivity contribution in [3.63, 3.8) is 0 Å². The standard InChI is InChI=1S/C26H23Cl2FO4S/c1-4-7-18-14-19(29)15-22(25-23(27)8-6-9-24(25)28)26(18)33-20(5-2)16-32-34(30,31)21-12-10-17(3)11-13-21/h4-15,20H,2,16H2,1,3H3/t20-/m0/s1. The van der Waals surface area contributed by atoms with E-state index in [2.05, 4.69) is 6.58 Å². The molecule has 178 valence electrons. The Balaban J connectivity index is 1.98. The van der Waals surface area contributed by atoms with Crippen molar-refractivity contribution in [1.29, 1.82) is 0 Å². The number of hydrogen-bond acceptors (Lipinski definition) is 4. The molecule has 0 aromatic heterocycles. The van der Waals surface area contributed by atoms with E-state index >= 15 is 0 Å². The fourth-order valence-electron chi connectivity index (χ4n) is 3.22. The maximum absolute atomic E-state index is 14.5. The van der Waals surface area contributed by atoms with Crippen LogP contribution >= 0.6 is 23.2 Å². The molecule has 0 heterocycles. The van der Waals surface area contributed by atoms with Crippen LogP contribution in [-0.2, 0) is 14.3 Å². The van der Waals surface area contributed by atoms with Gasteiger partial charge in [-0.2, -0.15) is 8.42 Å². The van der Waals surface area contributed by atoms with Gasteiger partial charge in [-0.15, -0.1) is 0 Å². The minimum atomic E-state index is -4.02. The fraction of sp³-hybridized carbons (Fsp3) is 0.154. The third-order valence-electron chi connectivity index (χ3n) is 4.89. The smallest absolute Gasteiger partial charge is 0.297 e. The van der Waals surface area contributed by atoms with Crippen LogP contribution < -0.4 is 4.74 Å². The summed E-state index contributed by atoms with van der Waals surface area (Å²) in [5.41, 5.74) is 2.05. The molecule has 3 rings (SSSR count). The zero-order chi connectivity index (χ0) is 24.9. The molecule has 0 amide bonds. The number of halogens is 3. The minimum absolute atomic E-state index is 0.0286. The van der Waals surface area contributed by atoms with Crippen molar-refractivity contribution in [2.45, 2.75) is 24.8 Å². The van der Waals surface area contributed by atoms with Crippen LogP contribution in [0.15, 0.2) is 78.2 Å². The number of benzene rings is 3. The quantitative estimate of drug-likeness (QED) is 0.216. The van der Waals surface area contributed by atoms with Gasteiger partial charge in [-0.05, 0) is 56.3 Å². The van der Waals surface area contributed by atoms with Gasteiger partial charge in [-0.3, -0.25) is 4.18 Å². The highest BCUT2D eigenvalue weighted by molar-refractivity contribution is 7.86. The van der Waals surface area contributed by atoms with Crippen molar-refractivity contribution in [3.8, 4) is 16.9 Å². The Hall–Kier alpha value is -2.64. The molecule has 0 fully saturated rings. The van der Waals surface area contributed by atoms with E-state index < -0.39 is 22.0 Å². The second-order valence-electron chi connectivity index (χ2n) is 7.41. The molecule has 0 aliphatic rings. The lowest BCUT2D eigenvalue weighted by Crippen LogP contribution is -2.23. The maximum atomic E-state index is 14.5. The summed E-state index contributed by atoms with van der Waals surface area (Å²) in [6.07, 6.45) is 3.91. The molecule has 0 spiro atoms. The van der Waals surface area contributed by atoms with E-state index in [0.29, 0.717) is 26.7 Å². The van der Waals surface area contributed by atoms with Gasteiger partial charge in [0.15, 0.2) is 0 Å². The van der Waals surface area contributed by atoms with E-state index in [1.54, 1.807) is 49.4 Å². The van der Waals surface area contributed by atoms with Gasteiger partial charge >= 0.3 is 0 Å². The first-order chi connectivity index (χ1) is 16.2. The lowest BCUT2D eigenvalue weighted by atomic mass is 10.00. The average Bonchev–Trinajstić information content (AvgIpc) is 2.78. The molecular formula is C26H23Cl2FO4S. The molecule has 8 heteroatoms. The number of aryl methyl sites for hydroxylation is 1. The molecule has 0 saturated carbocycles. The zero-order valence-electron chi connectivity index (χ0n) is 18.6.